The van der Waals surface area contributed by atoms with Gasteiger partial charge in [-0.15, -0.1) is 22.9 Å². The van der Waals surface area contributed by atoms with Crippen LogP contribution in [0.25, 0.3) is 0 Å². The van der Waals surface area contributed by atoms with Gasteiger partial charge in [0, 0.05) is 23.8 Å². The lowest BCUT2D eigenvalue weighted by Gasteiger charge is -2.26. The number of fused-ring (bicyclic) bond motifs is 1. The van der Waals surface area contributed by atoms with Gasteiger partial charge in [0.2, 0.25) is 10.0 Å². The average molecular weight is 342 g/mol. The largest absolute Gasteiger partial charge is 0.218 e. The maximum Gasteiger partial charge on any atom is 0.218 e. The van der Waals surface area contributed by atoms with Crippen LogP contribution in [0.2, 0.25) is 0 Å². The lowest BCUT2D eigenvalue weighted by molar-refractivity contribution is 0.393. The molecule has 2 heterocycles. The number of halogens is 1. The lowest BCUT2D eigenvalue weighted by Crippen LogP contribution is -2.36. The summed E-state index contributed by atoms with van der Waals surface area (Å²) in [5, 5.41) is 2.03. The van der Waals surface area contributed by atoms with Crippen molar-refractivity contribution in [2.75, 3.05) is 6.54 Å². The molecule has 0 amide bonds. The van der Waals surface area contributed by atoms with Crippen molar-refractivity contribution in [1.29, 1.82) is 0 Å². The molecule has 0 saturated heterocycles. The number of hydrogen-bond acceptors (Lipinski definition) is 3. The van der Waals surface area contributed by atoms with E-state index in [4.69, 9.17) is 11.6 Å². The van der Waals surface area contributed by atoms with E-state index < -0.39 is 10.0 Å². The van der Waals surface area contributed by atoms with Crippen molar-refractivity contribution in [2.24, 2.45) is 0 Å². The molecular weight excluding hydrogens is 326 g/mol. The Hall–Kier alpha value is -0.880. The topological polar surface area (TPSA) is 37.4 Å². The first-order valence-electron chi connectivity index (χ1n) is 6.75. The van der Waals surface area contributed by atoms with Crippen LogP contribution in [0.15, 0.2) is 35.7 Å². The Bertz CT molecular complexity index is 740. The molecule has 0 unspecified atom stereocenters. The van der Waals surface area contributed by atoms with Crippen molar-refractivity contribution >= 4 is 33.0 Å². The lowest BCUT2D eigenvalue weighted by atomic mass is 10.1. The number of hydrogen-bond donors (Lipinski definition) is 0. The molecule has 1 aliphatic heterocycles. The summed E-state index contributed by atoms with van der Waals surface area (Å²) in [6, 6.07) is 9.49. The van der Waals surface area contributed by atoms with Crippen LogP contribution in [0.5, 0.6) is 0 Å². The van der Waals surface area contributed by atoms with Crippen LogP contribution in [0, 0.1) is 0 Å². The number of rotatable bonds is 4. The van der Waals surface area contributed by atoms with Gasteiger partial charge in [-0.1, -0.05) is 24.3 Å². The third-order valence-electron chi connectivity index (χ3n) is 3.66. The zero-order chi connectivity index (χ0) is 14.9. The van der Waals surface area contributed by atoms with Gasteiger partial charge in [-0.3, -0.25) is 0 Å². The fourth-order valence-electron chi connectivity index (χ4n) is 2.56. The highest BCUT2D eigenvalue weighted by Crippen LogP contribution is 2.26. The molecule has 1 aliphatic rings. The van der Waals surface area contributed by atoms with Crippen LogP contribution < -0.4 is 0 Å². The monoisotopic (exact) mass is 341 g/mol. The number of nitrogens with zero attached hydrogens (tertiary/aromatic N) is 1. The highest BCUT2D eigenvalue weighted by atomic mass is 35.5. The number of alkyl halides is 1. The molecule has 0 radical (unpaired) electrons. The highest BCUT2D eigenvalue weighted by Gasteiger charge is 2.27. The van der Waals surface area contributed by atoms with E-state index >= 15 is 0 Å². The summed E-state index contributed by atoms with van der Waals surface area (Å²) < 4.78 is 26.8. The Kier molecular flexibility index (Phi) is 4.36. The minimum Gasteiger partial charge on any atom is -0.212 e. The SMILES string of the molecule is O=S(=O)(Cc1cccc(CCl)c1)N1CCc2sccc2C1. The molecule has 0 aliphatic carbocycles. The Labute approximate surface area is 134 Å². The Morgan fingerprint density at radius 2 is 2.05 bits per heavy atom. The first-order valence-corrected chi connectivity index (χ1v) is 9.78. The van der Waals surface area contributed by atoms with Gasteiger partial charge in [0.25, 0.3) is 0 Å². The van der Waals surface area contributed by atoms with Gasteiger partial charge >= 0.3 is 0 Å². The molecule has 0 bridgehead atoms. The maximum atomic E-state index is 12.6. The summed E-state index contributed by atoms with van der Waals surface area (Å²) in [4.78, 5) is 1.31. The third kappa shape index (κ3) is 3.31. The van der Waals surface area contributed by atoms with E-state index in [1.54, 1.807) is 15.6 Å². The van der Waals surface area contributed by atoms with Gasteiger partial charge in [0.15, 0.2) is 0 Å². The Morgan fingerprint density at radius 1 is 1.24 bits per heavy atom. The summed E-state index contributed by atoms with van der Waals surface area (Å²) in [5.41, 5.74) is 2.89. The molecule has 0 saturated carbocycles. The second-order valence-electron chi connectivity index (χ2n) is 5.16. The molecule has 2 aromatic rings. The van der Waals surface area contributed by atoms with Crippen LogP contribution in [0.1, 0.15) is 21.6 Å². The third-order valence-corrected chi connectivity index (χ3v) is 6.79. The van der Waals surface area contributed by atoms with Gasteiger partial charge < -0.3 is 0 Å². The fourth-order valence-corrected chi connectivity index (χ4v) is 5.11. The van der Waals surface area contributed by atoms with Crippen molar-refractivity contribution < 1.29 is 8.42 Å². The molecule has 0 spiro atoms. The molecule has 21 heavy (non-hydrogen) atoms. The molecule has 1 aromatic carbocycles. The van der Waals surface area contributed by atoms with Gasteiger partial charge in [-0.25, -0.2) is 8.42 Å². The van der Waals surface area contributed by atoms with Crippen molar-refractivity contribution in [3.8, 4) is 0 Å². The average Bonchev–Trinajstić information content (AvgIpc) is 2.94. The van der Waals surface area contributed by atoms with Gasteiger partial charge in [-0.05, 0) is 34.6 Å². The van der Waals surface area contributed by atoms with E-state index in [9.17, 15) is 8.42 Å². The maximum absolute atomic E-state index is 12.6. The van der Waals surface area contributed by atoms with Crippen molar-refractivity contribution in [2.45, 2.75) is 24.6 Å². The summed E-state index contributed by atoms with van der Waals surface area (Å²) in [6.45, 7) is 1.07. The summed E-state index contributed by atoms with van der Waals surface area (Å²) in [5.74, 6) is 0.438. The predicted octanol–water partition coefficient (Wildman–Crippen LogP) is 3.38. The first kappa shape index (κ1) is 15.0. The van der Waals surface area contributed by atoms with E-state index in [2.05, 4.69) is 0 Å². The molecular formula is C15H16ClNO2S2. The standard InChI is InChI=1S/C15H16ClNO2S2/c16-9-12-2-1-3-13(8-12)11-21(18,19)17-6-4-15-14(10-17)5-7-20-15/h1-3,5,7-8H,4,6,9-11H2. The van der Waals surface area contributed by atoms with E-state index in [0.29, 0.717) is 19.0 Å². The quantitative estimate of drug-likeness (QED) is 0.799. The van der Waals surface area contributed by atoms with Crippen molar-refractivity contribution in [1.82, 2.24) is 4.31 Å². The number of thiophene rings is 1. The zero-order valence-electron chi connectivity index (χ0n) is 11.5. The molecule has 0 fully saturated rings. The van der Waals surface area contributed by atoms with Crippen LogP contribution in [-0.4, -0.2) is 19.3 Å². The minimum atomic E-state index is -3.29. The molecule has 0 atom stereocenters. The second-order valence-corrected chi connectivity index (χ2v) is 8.40. The van der Waals surface area contributed by atoms with E-state index in [0.717, 1.165) is 23.1 Å². The number of benzene rings is 1. The van der Waals surface area contributed by atoms with Gasteiger partial charge in [0.05, 0.1) is 5.75 Å². The van der Waals surface area contributed by atoms with Crippen molar-refractivity contribution in [3.05, 3.63) is 57.3 Å². The van der Waals surface area contributed by atoms with Crippen LogP contribution in [0.3, 0.4) is 0 Å². The molecule has 6 heteroatoms. The summed E-state index contributed by atoms with van der Waals surface area (Å²) in [7, 11) is -3.29. The van der Waals surface area contributed by atoms with Crippen LogP contribution >= 0.6 is 22.9 Å². The Balaban J connectivity index is 1.78. The van der Waals surface area contributed by atoms with E-state index in [1.165, 1.54) is 4.88 Å². The normalized spacial score (nSPS) is 15.9. The molecule has 0 N–H and O–H groups in total. The van der Waals surface area contributed by atoms with Gasteiger partial charge in [-0.2, -0.15) is 4.31 Å². The molecule has 3 rings (SSSR count). The van der Waals surface area contributed by atoms with Crippen molar-refractivity contribution in [3.63, 3.8) is 0 Å². The molecule has 1 aromatic heterocycles. The van der Waals surface area contributed by atoms with E-state index in [-0.39, 0.29) is 5.75 Å². The molecule has 3 nitrogen and oxygen atoms in total. The summed E-state index contributed by atoms with van der Waals surface area (Å²) >= 11 is 7.51. The Morgan fingerprint density at radius 3 is 2.86 bits per heavy atom. The minimum absolute atomic E-state index is 0.0389. The zero-order valence-corrected chi connectivity index (χ0v) is 13.8. The van der Waals surface area contributed by atoms with Gasteiger partial charge in [0.1, 0.15) is 0 Å². The smallest absolute Gasteiger partial charge is 0.212 e. The first-order chi connectivity index (χ1) is 10.1. The summed E-state index contributed by atoms with van der Waals surface area (Å²) in [6.07, 6.45) is 0.813. The highest BCUT2D eigenvalue weighted by molar-refractivity contribution is 7.88. The second kappa shape index (κ2) is 6.08. The fraction of sp³-hybridized carbons (Fsp3) is 0.333. The predicted molar refractivity (Wildman–Crippen MR) is 87.1 cm³/mol. The molecule has 112 valence electrons. The van der Waals surface area contributed by atoms with Crippen LogP contribution in [-0.2, 0) is 34.6 Å². The number of sulfonamides is 1. The van der Waals surface area contributed by atoms with E-state index in [1.807, 2.05) is 35.7 Å². The van der Waals surface area contributed by atoms with Crippen LogP contribution in [0.4, 0.5) is 0 Å².